The van der Waals surface area contributed by atoms with Gasteiger partial charge in [-0.25, -0.2) is 4.39 Å². The maximum absolute atomic E-state index is 13.7. The van der Waals surface area contributed by atoms with Gasteiger partial charge in [-0.1, -0.05) is 6.07 Å². The van der Waals surface area contributed by atoms with Gasteiger partial charge in [0, 0.05) is 46.6 Å². The van der Waals surface area contributed by atoms with E-state index in [1.807, 2.05) is 6.07 Å². The van der Waals surface area contributed by atoms with Crippen molar-refractivity contribution in [2.75, 3.05) is 47.1 Å². The van der Waals surface area contributed by atoms with E-state index in [1.54, 1.807) is 13.1 Å². The van der Waals surface area contributed by atoms with Crippen molar-refractivity contribution in [2.24, 2.45) is 10.9 Å². The third-order valence-corrected chi connectivity index (χ3v) is 4.35. The SMILES string of the molecule is CN=C(NCCCOCC1CCOCC1)NCc1ccc(OC)c(F)c1.I. The van der Waals surface area contributed by atoms with E-state index in [-0.39, 0.29) is 35.5 Å². The maximum atomic E-state index is 13.7. The molecule has 1 aliphatic heterocycles. The fourth-order valence-corrected chi connectivity index (χ4v) is 2.77. The van der Waals surface area contributed by atoms with E-state index in [9.17, 15) is 4.39 Å². The van der Waals surface area contributed by atoms with Gasteiger partial charge in [-0.05, 0) is 42.9 Å². The lowest BCUT2D eigenvalue weighted by molar-refractivity contribution is 0.0203. The number of rotatable bonds is 9. The van der Waals surface area contributed by atoms with Gasteiger partial charge in [0.05, 0.1) is 7.11 Å². The van der Waals surface area contributed by atoms with Crippen molar-refractivity contribution in [3.05, 3.63) is 29.6 Å². The summed E-state index contributed by atoms with van der Waals surface area (Å²) < 4.78 is 29.7. The second kappa shape index (κ2) is 14.0. The highest BCUT2D eigenvalue weighted by Gasteiger charge is 2.13. The van der Waals surface area contributed by atoms with Crippen LogP contribution in [-0.4, -0.2) is 53.1 Å². The van der Waals surface area contributed by atoms with E-state index < -0.39 is 0 Å². The van der Waals surface area contributed by atoms with E-state index >= 15 is 0 Å². The van der Waals surface area contributed by atoms with Crippen LogP contribution in [0, 0.1) is 11.7 Å². The zero-order valence-corrected chi connectivity index (χ0v) is 18.5. The summed E-state index contributed by atoms with van der Waals surface area (Å²) in [6.07, 6.45) is 3.10. The number of nitrogens with one attached hydrogen (secondary N) is 2. The number of guanidine groups is 1. The van der Waals surface area contributed by atoms with E-state index in [1.165, 1.54) is 13.2 Å². The fourth-order valence-electron chi connectivity index (χ4n) is 2.77. The number of nitrogens with zero attached hydrogens (tertiary/aromatic N) is 1. The van der Waals surface area contributed by atoms with Crippen LogP contribution in [-0.2, 0) is 16.0 Å². The molecule has 2 N–H and O–H groups in total. The first-order valence-electron chi connectivity index (χ1n) is 9.15. The Balaban J connectivity index is 0.00000364. The van der Waals surface area contributed by atoms with Gasteiger partial charge >= 0.3 is 0 Å². The molecule has 6 nitrogen and oxygen atoms in total. The molecule has 0 bridgehead atoms. The monoisotopic (exact) mass is 495 g/mol. The summed E-state index contributed by atoms with van der Waals surface area (Å²) in [6, 6.07) is 4.91. The Bertz CT molecular complexity index is 569. The molecule has 27 heavy (non-hydrogen) atoms. The van der Waals surface area contributed by atoms with Crippen LogP contribution in [0.2, 0.25) is 0 Å². The molecule has 0 aliphatic carbocycles. The van der Waals surface area contributed by atoms with Gasteiger partial charge in [-0.15, -0.1) is 24.0 Å². The number of hydrogen-bond donors (Lipinski definition) is 2. The highest BCUT2D eigenvalue weighted by Crippen LogP contribution is 2.17. The Morgan fingerprint density at radius 2 is 2.07 bits per heavy atom. The van der Waals surface area contributed by atoms with E-state index in [0.717, 1.165) is 57.8 Å². The Morgan fingerprint density at radius 3 is 2.74 bits per heavy atom. The Hall–Kier alpha value is -1.13. The zero-order chi connectivity index (χ0) is 18.6. The summed E-state index contributed by atoms with van der Waals surface area (Å²) in [5.41, 5.74) is 0.825. The smallest absolute Gasteiger partial charge is 0.191 e. The topological polar surface area (TPSA) is 64.1 Å². The van der Waals surface area contributed by atoms with Gasteiger partial charge in [0.25, 0.3) is 0 Å². The van der Waals surface area contributed by atoms with Crippen molar-refractivity contribution in [1.29, 1.82) is 0 Å². The van der Waals surface area contributed by atoms with Gasteiger partial charge in [-0.2, -0.15) is 0 Å². The Kier molecular flexibility index (Phi) is 12.4. The third kappa shape index (κ3) is 9.07. The van der Waals surface area contributed by atoms with Crippen LogP contribution in [0.3, 0.4) is 0 Å². The minimum absolute atomic E-state index is 0. The minimum atomic E-state index is -0.364. The second-order valence-corrected chi connectivity index (χ2v) is 6.31. The fraction of sp³-hybridized carbons (Fsp3) is 0.632. The summed E-state index contributed by atoms with van der Waals surface area (Å²) in [4.78, 5) is 4.17. The maximum Gasteiger partial charge on any atom is 0.191 e. The van der Waals surface area contributed by atoms with Crippen LogP contribution >= 0.6 is 24.0 Å². The average molecular weight is 495 g/mol. The lowest BCUT2D eigenvalue weighted by atomic mass is 10.0. The lowest BCUT2D eigenvalue weighted by Crippen LogP contribution is -2.37. The largest absolute Gasteiger partial charge is 0.494 e. The molecule has 154 valence electrons. The first kappa shape index (κ1) is 23.9. The summed E-state index contributed by atoms with van der Waals surface area (Å²) >= 11 is 0. The highest BCUT2D eigenvalue weighted by atomic mass is 127. The lowest BCUT2D eigenvalue weighted by Gasteiger charge is -2.21. The molecule has 1 aliphatic rings. The van der Waals surface area contributed by atoms with Crippen LogP contribution < -0.4 is 15.4 Å². The van der Waals surface area contributed by atoms with E-state index in [0.29, 0.717) is 18.4 Å². The summed E-state index contributed by atoms with van der Waals surface area (Å²) in [5.74, 6) is 1.20. The molecule has 0 spiro atoms. The molecule has 0 aromatic heterocycles. The minimum Gasteiger partial charge on any atom is -0.494 e. The molecule has 0 amide bonds. The van der Waals surface area contributed by atoms with Crippen molar-refractivity contribution >= 4 is 29.9 Å². The Morgan fingerprint density at radius 1 is 1.30 bits per heavy atom. The van der Waals surface area contributed by atoms with Crippen LogP contribution in [0.5, 0.6) is 5.75 Å². The summed E-state index contributed by atoms with van der Waals surface area (Å²) in [7, 11) is 3.17. The van der Waals surface area contributed by atoms with E-state index in [4.69, 9.17) is 14.2 Å². The van der Waals surface area contributed by atoms with Crippen molar-refractivity contribution in [3.63, 3.8) is 0 Å². The van der Waals surface area contributed by atoms with Crippen LogP contribution in [0.15, 0.2) is 23.2 Å². The van der Waals surface area contributed by atoms with Gasteiger partial charge in [0.1, 0.15) is 0 Å². The molecule has 1 aromatic carbocycles. The number of benzene rings is 1. The highest BCUT2D eigenvalue weighted by molar-refractivity contribution is 14.0. The molecule has 1 saturated heterocycles. The molecular formula is C19H31FIN3O3. The number of ether oxygens (including phenoxy) is 3. The number of halogens is 2. The summed E-state index contributed by atoms with van der Waals surface area (Å²) in [5, 5.41) is 6.41. The number of methoxy groups -OCH3 is 1. The van der Waals surface area contributed by atoms with Crippen LogP contribution in [0.4, 0.5) is 4.39 Å². The van der Waals surface area contributed by atoms with Gasteiger partial charge in [0.2, 0.25) is 0 Å². The molecular weight excluding hydrogens is 464 g/mol. The molecule has 1 heterocycles. The number of hydrogen-bond acceptors (Lipinski definition) is 4. The quantitative estimate of drug-likeness (QED) is 0.239. The predicted molar refractivity (Wildman–Crippen MR) is 116 cm³/mol. The third-order valence-electron chi connectivity index (χ3n) is 4.35. The van der Waals surface area contributed by atoms with Crippen molar-refractivity contribution < 1.29 is 18.6 Å². The molecule has 0 saturated carbocycles. The van der Waals surface area contributed by atoms with Gasteiger partial charge < -0.3 is 24.8 Å². The predicted octanol–water partition coefficient (Wildman–Crippen LogP) is 2.95. The summed E-state index contributed by atoms with van der Waals surface area (Å²) in [6.45, 7) is 4.51. The molecule has 1 fully saturated rings. The van der Waals surface area contributed by atoms with Crippen molar-refractivity contribution in [2.45, 2.75) is 25.8 Å². The van der Waals surface area contributed by atoms with Crippen LogP contribution in [0.25, 0.3) is 0 Å². The normalized spacial score (nSPS) is 15.1. The average Bonchev–Trinajstić information content (AvgIpc) is 2.67. The van der Waals surface area contributed by atoms with Gasteiger partial charge in [-0.3, -0.25) is 4.99 Å². The zero-order valence-electron chi connectivity index (χ0n) is 16.1. The van der Waals surface area contributed by atoms with Crippen molar-refractivity contribution in [3.8, 4) is 5.75 Å². The van der Waals surface area contributed by atoms with Crippen molar-refractivity contribution in [1.82, 2.24) is 10.6 Å². The molecule has 1 aromatic rings. The second-order valence-electron chi connectivity index (χ2n) is 6.31. The molecule has 2 rings (SSSR count). The van der Waals surface area contributed by atoms with E-state index in [2.05, 4.69) is 15.6 Å². The molecule has 0 radical (unpaired) electrons. The molecule has 0 unspecified atom stereocenters. The standard InChI is InChI=1S/C19H30FN3O3.HI/c1-21-19(23-13-16-4-5-18(24-2)17(20)12-16)22-8-3-9-26-14-15-6-10-25-11-7-15;/h4-5,12,15H,3,6-11,13-14H2,1-2H3,(H2,21,22,23);1H. The first-order valence-corrected chi connectivity index (χ1v) is 9.15. The molecule has 8 heteroatoms. The first-order chi connectivity index (χ1) is 12.7. The number of aliphatic imine (C=N–C) groups is 1. The van der Waals surface area contributed by atoms with Gasteiger partial charge in [0.15, 0.2) is 17.5 Å². The van der Waals surface area contributed by atoms with Crippen LogP contribution in [0.1, 0.15) is 24.8 Å². The molecule has 0 atom stereocenters. The Labute approximate surface area is 178 Å².